The molecule has 256 valence electrons. The molecule has 0 amide bonds. The van der Waals surface area contributed by atoms with Crippen LogP contribution in [0.5, 0.6) is 0 Å². The molecule has 4 heterocycles. The number of ether oxygens (including phenoxy) is 7. The van der Waals surface area contributed by atoms with Crippen LogP contribution in [-0.4, -0.2) is 178 Å². The quantitative estimate of drug-likeness (QED) is 0.117. The molecule has 0 radical (unpaired) electrons. The zero-order valence-corrected chi connectivity index (χ0v) is 24.0. The number of aliphatic hydroxyl groups excluding tert-OH is 7. The van der Waals surface area contributed by atoms with Gasteiger partial charge in [0.1, 0.15) is 67.1 Å². The van der Waals surface area contributed by atoms with Gasteiger partial charge in [0, 0.05) is 25.2 Å². The Kier molecular flexibility index (Phi) is 11.1. The number of rotatable bonds is 8. The normalized spacial score (nSPS) is 55.1. The van der Waals surface area contributed by atoms with Gasteiger partial charge in [0.15, 0.2) is 18.9 Å². The maximum atomic E-state index is 11.2. The highest BCUT2D eigenvalue weighted by atomic mass is 16.8. The van der Waals surface area contributed by atoms with Gasteiger partial charge in [0.2, 0.25) is 0 Å². The summed E-state index contributed by atoms with van der Waals surface area (Å²) in [6, 6.07) is -4.08. The highest BCUT2D eigenvalue weighted by Gasteiger charge is 2.55. The van der Waals surface area contributed by atoms with E-state index in [1.807, 2.05) is 0 Å². The minimum absolute atomic E-state index is 0.0977. The summed E-state index contributed by atoms with van der Waals surface area (Å²) in [7, 11) is 0. The van der Waals surface area contributed by atoms with Crippen molar-refractivity contribution in [1.29, 1.82) is 0 Å². The van der Waals surface area contributed by atoms with E-state index >= 15 is 0 Å². The van der Waals surface area contributed by atoms with Gasteiger partial charge < -0.3 is 97.6 Å². The molecule has 5 aliphatic rings. The Balaban J connectivity index is 1.30. The fourth-order valence-electron chi connectivity index (χ4n) is 6.49. The first-order valence-corrected chi connectivity index (χ1v) is 14.8. The van der Waals surface area contributed by atoms with Crippen molar-refractivity contribution in [2.24, 2.45) is 28.7 Å². The third-order valence-corrected chi connectivity index (χ3v) is 9.15. The van der Waals surface area contributed by atoms with Crippen molar-refractivity contribution in [1.82, 2.24) is 0 Å². The molecule has 4 aliphatic heterocycles. The average molecular weight is 642 g/mol. The van der Waals surface area contributed by atoms with Crippen LogP contribution in [0.2, 0.25) is 0 Å². The molecule has 44 heavy (non-hydrogen) atoms. The van der Waals surface area contributed by atoms with E-state index in [-0.39, 0.29) is 26.0 Å². The van der Waals surface area contributed by atoms with E-state index < -0.39 is 129 Å². The van der Waals surface area contributed by atoms with Crippen LogP contribution >= 0.6 is 0 Å². The minimum Gasteiger partial charge on any atom is -0.394 e. The fraction of sp³-hybridized carbons (Fsp3) is 1.00. The Morgan fingerprint density at radius 1 is 0.614 bits per heavy atom. The first-order valence-electron chi connectivity index (χ1n) is 14.8. The van der Waals surface area contributed by atoms with Gasteiger partial charge >= 0.3 is 0 Å². The van der Waals surface area contributed by atoms with Gasteiger partial charge in [-0.05, 0) is 12.8 Å². The first kappa shape index (κ1) is 34.6. The number of hydrogen-bond acceptors (Lipinski definition) is 19. The van der Waals surface area contributed by atoms with Crippen LogP contribution in [0.3, 0.4) is 0 Å². The molecule has 4 saturated heterocycles. The van der Waals surface area contributed by atoms with Gasteiger partial charge in [0.25, 0.3) is 0 Å². The smallest absolute Gasteiger partial charge is 0.187 e. The van der Waals surface area contributed by atoms with E-state index in [1.165, 1.54) is 0 Å². The molecule has 0 spiro atoms. The molecular formula is C25H47N5O14. The number of nitrogens with two attached hydrogens (primary N) is 5. The Morgan fingerprint density at radius 3 is 1.91 bits per heavy atom. The lowest BCUT2D eigenvalue weighted by Crippen LogP contribution is -2.69. The number of hydrogen-bond donors (Lipinski definition) is 12. The van der Waals surface area contributed by atoms with E-state index in [1.54, 1.807) is 0 Å². The van der Waals surface area contributed by atoms with Gasteiger partial charge in [-0.15, -0.1) is 0 Å². The highest BCUT2D eigenvalue weighted by Crippen LogP contribution is 2.35. The molecule has 19 heteroatoms. The molecule has 17 N–H and O–H groups in total. The van der Waals surface area contributed by atoms with E-state index in [2.05, 4.69) is 0 Å². The van der Waals surface area contributed by atoms with Crippen molar-refractivity contribution in [2.45, 2.75) is 135 Å². The Morgan fingerprint density at radius 2 is 1.23 bits per heavy atom. The molecule has 0 bridgehead atoms. The molecule has 5 fully saturated rings. The van der Waals surface area contributed by atoms with Crippen molar-refractivity contribution in [3.8, 4) is 0 Å². The van der Waals surface area contributed by atoms with Crippen LogP contribution < -0.4 is 28.7 Å². The summed E-state index contributed by atoms with van der Waals surface area (Å²) in [5.41, 5.74) is 30.3. The summed E-state index contributed by atoms with van der Waals surface area (Å²) in [6.07, 6.45) is -19.6. The predicted molar refractivity (Wildman–Crippen MR) is 144 cm³/mol. The Labute approximate surface area is 253 Å². The van der Waals surface area contributed by atoms with Gasteiger partial charge in [0.05, 0.1) is 30.9 Å². The van der Waals surface area contributed by atoms with Crippen LogP contribution in [-0.2, 0) is 33.2 Å². The predicted octanol–water partition coefficient (Wildman–Crippen LogP) is -8.07. The second kappa shape index (κ2) is 14.2. The zero-order valence-electron chi connectivity index (χ0n) is 24.0. The van der Waals surface area contributed by atoms with Gasteiger partial charge in [-0.25, -0.2) is 0 Å². The summed E-state index contributed by atoms with van der Waals surface area (Å²) < 4.78 is 40.7. The topological polar surface area (TPSA) is 336 Å². The van der Waals surface area contributed by atoms with Gasteiger partial charge in [-0.3, -0.25) is 0 Å². The summed E-state index contributed by atoms with van der Waals surface area (Å²) >= 11 is 0. The molecule has 0 unspecified atom stereocenters. The third-order valence-electron chi connectivity index (χ3n) is 9.15. The average Bonchev–Trinajstić information content (AvgIpc) is 3.30. The van der Waals surface area contributed by atoms with Crippen LogP contribution in [0.25, 0.3) is 0 Å². The molecule has 1 saturated carbocycles. The van der Waals surface area contributed by atoms with Crippen molar-refractivity contribution in [3.05, 3.63) is 0 Å². The largest absolute Gasteiger partial charge is 0.394 e. The zero-order chi connectivity index (χ0) is 32.0. The van der Waals surface area contributed by atoms with Crippen LogP contribution in [0.15, 0.2) is 0 Å². The number of fused-ring (bicyclic) bond motifs is 1. The highest BCUT2D eigenvalue weighted by molar-refractivity contribution is 5.03. The second-order valence-electron chi connectivity index (χ2n) is 12.1. The lowest BCUT2D eigenvalue weighted by atomic mass is 9.84. The Bertz CT molecular complexity index is 946. The molecule has 20 atom stereocenters. The molecule has 0 aromatic heterocycles. The van der Waals surface area contributed by atoms with E-state index in [9.17, 15) is 35.7 Å². The van der Waals surface area contributed by atoms with Crippen molar-refractivity contribution >= 4 is 0 Å². The SMILES string of the molecule is NC[C@@H]1O[C@H](O[C@H]2[C@@H](O)[C@H](O[C@@H]3[C@@H](O)[C@H](N)C[C@H](N)[C@H]3O[C@H]3O[C@H]4[C@@H](OCC[C@@H]4O)[C@H](O)[C@H]3N)O[C@@H]2CO)[C@H](N)[C@@H](O)[C@@H]1O. The molecule has 19 nitrogen and oxygen atoms in total. The molecule has 0 aromatic rings. The summed E-state index contributed by atoms with van der Waals surface area (Å²) in [4.78, 5) is 0. The lowest BCUT2D eigenvalue weighted by molar-refractivity contribution is -0.328. The minimum atomic E-state index is -1.60. The van der Waals surface area contributed by atoms with Crippen molar-refractivity contribution in [3.63, 3.8) is 0 Å². The van der Waals surface area contributed by atoms with Crippen LogP contribution in [0, 0.1) is 0 Å². The van der Waals surface area contributed by atoms with Crippen molar-refractivity contribution < 1.29 is 68.9 Å². The third kappa shape index (κ3) is 6.52. The van der Waals surface area contributed by atoms with Gasteiger partial charge in [-0.2, -0.15) is 0 Å². The fourth-order valence-corrected chi connectivity index (χ4v) is 6.49. The van der Waals surface area contributed by atoms with E-state index in [0.717, 1.165) is 0 Å². The molecular weight excluding hydrogens is 594 g/mol. The molecule has 1 aliphatic carbocycles. The summed E-state index contributed by atoms with van der Waals surface area (Å²) in [5.74, 6) is 0. The summed E-state index contributed by atoms with van der Waals surface area (Å²) in [6.45, 7) is -0.590. The maximum Gasteiger partial charge on any atom is 0.187 e. The van der Waals surface area contributed by atoms with E-state index in [0.29, 0.717) is 0 Å². The second-order valence-corrected chi connectivity index (χ2v) is 12.1. The first-order chi connectivity index (χ1) is 20.9. The molecule has 5 rings (SSSR count). The van der Waals surface area contributed by atoms with Crippen LogP contribution in [0.4, 0.5) is 0 Å². The molecule has 0 aromatic carbocycles. The maximum absolute atomic E-state index is 11.2. The lowest BCUT2D eigenvalue weighted by Gasteiger charge is -2.49. The monoisotopic (exact) mass is 641 g/mol. The summed E-state index contributed by atoms with van der Waals surface area (Å²) in [5, 5.41) is 73.9. The number of aliphatic hydroxyl groups is 7. The van der Waals surface area contributed by atoms with Crippen molar-refractivity contribution in [2.75, 3.05) is 19.8 Å². The Hall–Kier alpha value is -0.760. The van der Waals surface area contributed by atoms with Gasteiger partial charge in [-0.1, -0.05) is 0 Å². The van der Waals surface area contributed by atoms with Crippen LogP contribution in [0.1, 0.15) is 12.8 Å². The standard InChI is InChI=1S/C25H47N5O14/c26-4-9-14(34)15(35)11(29)23(39-9)43-20-10(5-31)40-25(17(20)37)44-22-13(33)6(27)3-7(28)18(22)41-24-12(30)16(36)21-19(42-24)8(32)1-2-38-21/h6-25,31-37H,1-5,26-30H2/t6-,7+,8+,9+,10-,11-,12-,13+,14-,15-,16-,17-,18-,19-,20-,21+,22-,23-,24+,25+/m1/s1. The van der Waals surface area contributed by atoms with E-state index in [4.69, 9.17) is 61.8 Å².